The van der Waals surface area contributed by atoms with Crippen LogP contribution in [0.15, 0.2) is 29.2 Å². The van der Waals surface area contributed by atoms with Crippen molar-refractivity contribution >= 4 is 10.0 Å². The van der Waals surface area contributed by atoms with Gasteiger partial charge in [0, 0.05) is 25.7 Å². The summed E-state index contributed by atoms with van der Waals surface area (Å²) in [5.74, 6) is 0. The molecular weight excluding hydrogens is 260 g/mol. The van der Waals surface area contributed by atoms with Gasteiger partial charge >= 0.3 is 0 Å². The Labute approximate surface area is 115 Å². The summed E-state index contributed by atoms with van der Waals surface area (Å²) >= 11 is 0. The molecule has 1 aliphatic heterocycles. The molecule has 4 nitrogen and oxygen atoms in total. The van der Waals surface area contributed by atoms with Crippen LogP contribution in [0.5, 0.6) is 0 Å². The highest BCUT2D eigenvalue weighted by atomic mass is 32.2. The van der Waals surface area contributed by atoms with Gasteiger partial charge in [-0.1, -0.05) is 25.5 Å². The van der Waals surface area contributed by atoms with Crippen LogP contribution < -0.4 is 5.32 Å². The van der Waals surface area contributed by atoms with Crippen molar-refractivity contribution in [3.8, 4) is 0 Å². The summed E-state index contributed by atoms with van der Waals surface area (Å²) in [6, 6.07) is 7.31. The van der Waals surface area contributed by atoms with Gasteiger partial charge < -0.3 is 5.32 Å². The van der Waals surface area contributed by atoms with Crippen molar-refractivity contribution in [1.82, 2.24) is 9.62 Å². The fourth-order valence-corrected chi connectivity index (χ4v) is 4.06. The van der Waals surface area contributed by atoms with E-state index in [2.05, 4.69) is 12.2 Å². The highest BCUT2D eigenvalue weighted by molar-refractivity contribution is 7.89. The first-order chi connectivity index (χ1) is 9.05. The third kappa shape index (κ3) is 3.16. The van der Waals surface area contributed by atoms with Crippen molar-refractivity contribution in [2.45, 2.75) is 37.6 Å². The van der Waals surface area contributed by atoms with Crippen molar-refractivity contribution in [3.63, 3.8) is 0 Å². The molecule has 1 fully saturated rings. The van der Waals surface area contributed by atoms with Gasteiger partial charge in [0.05, 0.1) is 4.90 Å². The number of hydrogen-bond donors (Lipinski definition) is 1. The summed E-state index contributed by atoms with van der Waals surface area (Å²) in [4.78, 5) is 0.404. The molecular formula is C14H22N2O2S. The van der Waals surface area contributed by atoms with Crippen LogP contribution in [0, 0.1) is 0 Å². The average molecular weight is 282 g/mol. The molecule has 0 spiro atoms. The molecule has 0 unspecified atom stereocenters. The highest BCUT2D eigenvalue weighted by Crippen LogP contribution is 2.20. The lowest BCUT2D eigenvalue weighted by molar-refractivity contribution is 0.284. The predicted molar refractivity (Wildman–Crippen MR) is 76.7 cm³/mol. The van der Waals surface area contributed by atoms with Crippen LogP contribution >= 0.6 is 0 Å². The topological polar surface area (TPSA) is 49.4 Å². The fourth-order valence-electron chi connectivity index (χ4n) is 2.43. The third-order valence-electron chi connectivity index (χ3n) is 3.51. The monoisotopic (exact) mass is 282 g/mol. The summed E-state index contributed by atoms with van der Waals surface area (Å²) in [6.45, 7) is 6.03. The molecule has 0 saturated carbocycles. The molecule has 1 saturated heterocycles. The first-order valence-electron chi connectivity index (χ1n) is 6.87. The molecule has 1 aromatic carbocycles. The second-order valence-electron chi connectivity index (χ2n) is 5.06. The van der Waals surface area contributed by atoms with Gasteiger partial charge in [-0.25, -0.2) is 8.42 Å². The molecule has 106 valence electrons. The van der Waals surface area contributed by atoms with E-state index in [1.807, 2.05) is 19.1 Å². The Hall–Kier alpha value is -0.910. The number of benzene rings is 1. The first kappa shape index (κ1) is 14.5. The van der Waals surface area contributed by atoms with Crippen LogP contribution in [0.3, 0.4) is 0 Å². The molecule has 1 aliphatic rings. The number of nitrogens with zero attached hydrogens (tertiary/aromatic N) is 1. The second-order valence-corrected chi connectivity index (χ2v) is 6.95. The molecule has 1 N–H and O–H groups in total. The lowest BCUT2D eigenvalue weighted by Gasteiger charge is -2.32. The molecule has 0 radical (unpaired) electrons. The Morgan fingerprint density at radius 3 is 2.58 bits per heavy atom. The van der Waals surface area contributed by atoms with E-state index in [0.717, 1.165) is 19.4 Å². The van der Waals surface area contributed by atoms with E-state index < -0.39 is 10.0 Å². The Morgan fingerprint density at radius 2 is 2.00 bits per heavy atom. The van der Waals surface area contributed by atoms with Crippen molar-refractivity contribution in [1.29, 1.82) is 0 Å². The summed E-state index contributed by atoms with van der Waals surface area (Å²) in [7, 11) is -3.35. The van der Waals surface area contributed by atoms with E-state index in [9.17, 15) is 8.42 Å². The van der Waals surface area contributed by atoms with Gasteiger partial charge in [-0.05, 0) is 31.0 Å². The van der Waals surface area contributed by atoms with E-state index in [0.29, 0.717) is 18.0 Å². The number of hydrogen-bond acceptors (Lipinski definition) is 3. The largest absolute Gasteiger partial charge is 0.314 e. The molecule has 5 heteroatoms. The minimum atomic E-state index is -3.35. The normalized spacial score (nSPS) is 21.5. The van der Waals surface area contributed by atoms with E-state index in [-0.39, 0.29) is 6.04 Å². The average Bonchev–Trinajstić information content (AvgIpc) is 2.40. The molecule has 0 aromatic heterocycles. The van der Waals surface area contributed by atoms with Gasteiger partial charge in [-0.15, -0.1) is 0 Å². The van der Waals surface area contributed by atoms with E-state index >= 15 is 0 Å². The van der Waals surface area contributed by atoms with Crippen LogP contribution in [0.25, 0.3) is 0 Å². The summed E-state index contributed by atoms with van der Waals surface area (Å²) in [6.07, 6.45) is 2.06. The molecule has 19 heavy (non-hydrogen) atoms. The molecule has 1 heterocycles. The lowest BCUT2D eigenvalue weighted by Crippen LogP contribution is -2.52. The van der Waals surface area contributed by atoms with Crippen molar-refractivity contribution in [2.75, 3.05) is 19.6 Å². The van der Waals surface area contributed by atoms with Crippen LogP contribution in [0.4, 0.5) is 0 Å². The Kier molecular flexibility index (Phi) is 4.60. The number of piperazine rings is 1. The highest BCUT2D eigenvalue weighted by Gasteiger charge is 2.30. The number of sulfonamides is 1. The van der Waals surface area contributed by atoms with Crippen molar-refractivity contribution in [3.05, 3.63) is 29.8 Å². The molecule has 2 rings (SSSR count). The van der Waals surface area contributed by atoms with E-state index in [1.54, 1.807) is 16.4 Å². The zero-order chi connectivity index (χ0) is 13.9. The van der Waals surface area contributed by atoms with E-state index in [4.69, 9.17) is 0 Å². The number of aryl methyl sites for hydroxylation is 1. The first-order valence-corrected chi connectivity index (χ1v) is 8.31. The van der Waals surface area contributed by atoms with Crippen LogP contribution in [-0.4, -0.2) is 38.4 Å². The summed E-state index contributed by atoms with van der Waals surface area (Å²) in [5, 5.41) is 3.21. The van der Waals surface area contributed by atoms with Gasteiger partial charge in [0.15, 0.2) is 0 Å². The fraction of sp³-hybridized carbons (Fsp3) is 0.571. The molecule has 0 aliphatic carbocycles. The quantitative estimate of drug-likeness (QED) is 0.913. The van der Waals surface area contributed by atoms with Gasteiger partial charge in [-0.3, -0.25) is 0 Å². The van der Waals surface area contributed by atoms with Gasteiger partial charge in [0.2, 0.25) is 10.0 Å². The third-order valence-corrected chi connectivity index (χ3v) is 5.54. The summed E-state index contributed by atoms with van der Waals surface area (Å²) in [5.41, 5.74) is 1.19. The Bertz CT molecular complexity index is 511. The van der Waals surface area contributed by atoms with Crippen molar-refractivity contribution in [2.24, 2.45) is 0 Å². The Morgan fingerprint density at radius 1 is 1.32 bits per heavy atom. The number of rotatable bonds is 4. The zero-order valence-corrected chi connectivity index (χ0v) is 12.4. The van der Waals surface area contributed by atoms with Crippen molar-refractivity contribution < 1.29 is 8.42 Å². The smallest absolute Gasteiger partial charge is 0.243 e. The van der Waals surface area contributed by atoms with Gasteiger partial charge in [0.1, 0.15) is 0 Å². The molecule has 0 bridgehead atoms. The van der Waals surface area contributed by atoms with Gasteiger partial charge in [0.25, 0.3) is 0 Å². The minimum Gasteiger partial charge on any atom is -0.314 e. The molecule has 1 aromatic rings. The van der Waals surface area contributed by atoms with Gasteiger partial charge in [-0.2, -0.15) is 4.31 Å². The standard InChI is InChI=1S/C14H22N2O2S/c1-3-4-13-5-7-14(8-6-13)19(17,18)16-10-9-15-11-12(16)2/h5-8,12,15H,3-4,9-11H2,1-2H3/t12-/m1/s1. The Balaban J connectivity index is 2.23. The van der Waals surface area contributed by atoms with Crippen LogP contribution in [-0.2, 0) is 16.4 Å². The maximum absolute atomic E-state index is 12.6. The molecule has 1 atom stereocenters. The molecule has 0 amide bonds. The second kappa shape index (κ2) is 6.03. The predicted octanol–water partition coefficient (Wildman–Crippen LogP) is 1.62. The SMILES string of the molecule is CCCc1ccc(S(=O)(=O)N2CCNC[C@H]2C)cc1. The lowest BCUT2D eigenvalue weighted by atomic mass is 10.1. The van der Waals surface area contributed by atoms with Crippen LogP contribution in [0.1, 0.15) is 25.8 Å². The zero-order valence-electron chi connectivity index (χ0n) is 11.6. The maximum Gasteiger partial charge on any atom is 0.243 e. The minimum absolute atomic E-state index is 0.00840. The van der Waals surface area contributed by atoms with E-state index in [1.165, 1.54) is 5.56 Å². The van der Waals surface area contributed by atoms with Crippen LogP contribution in [0.2, 0.25) is 0 Å². The summed E-state index contributed by atoms with van der Waals surface area (Å²) < 4.78 is 26.7. The number of nitrogens with one attached hydrogen (secondary N) is 1. The maximum atomic E-state index is 12.6.